The number of ether oxygens (including phenoxy) is 1. The summed E-state index contributed by atoms with van der Waals surface area (Å²) < 4.78 is 18.0. The number of benzene rings is 1. The number of hydrogen-bond donors (Lipinski definition) is 1. The molecule has 0 aliphatic carbocycles. The Balaban J connectivity index is 2.04. The van der Waals surface area contributed by atoms with Gasteiger partial charge < -0.3 is 19.6 Å². The van der Waals surface area contributed by atoms with E-state index in [1.165, 1.54) is 4.90 Å². The Kier molecular flexibility index (Phi) is 8.80. The van der Waals surface area contributed by atoms with Crippen LogP contribution in [0.3, 0.4) is 0 Å². The van der Waals surface area contributed by atoms with Crippen molar-refractivity contribution in [2.24, 2.45) is 0 Å². The largest absolute Gasteiger partial charge is 0.446 e. The number of aliphatic hydroxyl groups is 1. The molecule has 0 spiro atoms. The van der Waals surface area contributed by atoms with Crippen molar-refractivity contribution in [3.8, 4) is 0 Å². The molecule has 0 aromatic heterocycles. The minimum absolute atomic E-state index is 0.0238. The quantitative estimate of drug-likeness (QED) is 0.438. The zero-order chi connectivity index (χ0) is 23.0. The molecule has 7 heteroatoms. The van der Waals surface area contributed by atoms with Crippen LogP contribution in [0.25, 0.3) is 5.57 Å². The van der Waals surface area contributed by atoms with E-state index >= 15 is 0 Å². The lowest BCUT2D eigenvalue weighted by Gasteiger charge is -2.37. The standard InChI is InChI=1S/C24H33FN2O4/c1-5-19(10-13-26(17-28)15-12-25)21-8-6-20(7-9-21)18(2)27-14-11-22(31-23(27)29)16-24(3,4)30/h5-10,13,17-18,22,30H,11-12,14-16H2,1-4H3/b13-10-,19-5+. The van der Waals surface area contributed by atoms with Gasteiger partial charge in [0, 0.05) is 25.6 Å². The highest BCUT2D eigenvalue weighted by Crippen LogP contribution is 2.29. The first-order valence-corrected chi connectivity index (χ1v) is 10.6. The third-order valence-electron chi connectivity index (χ3n) is 5.35. The number of carbonyl (C=O) groups is 2. The van der Waals surface area contributed by atoms with Crippen molar-refractivity contribution >= 4 is 18.1 Å². The van der Waals surface area contributed by atoms with Crippen LogP contribution in [0.15, 0.2) is 42.6 Å². The van der Waals surface area contributed by atoms with E-state index in [2.05, 4.69) is 0 Å². The Morgan fingerprint density at radius 1 is 1.39 bits per heavy atom. The van der Waals surface area contributed by atoms with Crippen LogP contribution in [0.4, 0.5) is 9.18 Å². The Morgan fingerprint density at radius 2 is 2.06 bits per heavy atom. The van der Waals surface area contributed by atoms with Gasteiger partial charge in [-0.1, -0.05) is 30.3 Å². The first kappa shape index (κ1) is 24.6. The summed E-state index contributed by atoms with van der Waals surface area (Å²) in [5, 5.41) is 9.96. The van der Waals surface area contributed by atoms with Crippen LogP contribution in [-0.4, -0.2) is 58.9 Å². The number of halogens is 1. The lowest BCUT2D eigenvalue weighted by Crippen LogP contribution is -2.45. The summed E-state index contributed by atoms with van der Waals surface area (Å²) in [6.45, 7) is 7.27. The summed E-state index contributed by atoms with van der Waals surface area (Å²) in [7, 11) is 0. The van der Waals surface area contributed by atoms with Crippen molar-refractivity contribution in [3.05, 3.63) is 53.7 Å². The molecule has 2 rings (SSSR count). The van der Waals surface area contributed by atoms with Crippen LogP contribution in [0.5, 0.6) is 0 Å². The van der Waals surface area contributed by atoms with Gasteiger partial charge in [0.05, 0.1) is 18.2 Å². The van der Waals surface area contributed by atoms with Crippen molar-refractivity contribution < 1.29 is 23.8 Å². The van der Waals surface area contributed by atoms with Crippen LogP contribution < -0.4 is 0 Å². The van der Waals surface area contributed by atoms with E-state index in [1.807, 2.05) is 44.2 Å². The zero-order valence-electron chi connectivity index (χ0n) is 18.8. The molecule has 1 saturated heterocycles. The van der Waals surface area contributed by atoms with Gasteiger partial charge >= 0.3 is 6.09 Å². The molecule has 0 saturated carbocycles. The minimum Gasteiger partial charge on any atom is -0.446 e. The maximum atomic E-state index is 12.5. The maximum absolute atomic E-state index is 12.5. The van der Waals surface area contributed by atoms with Gasteiger partial charge in [-0.05, 0) is 50.5 Å². The van der Waals surface area contributed by atoms with Gasteiger partial charge in [-0.2, -0.15) is 0 Å². The molecule has 6 nitrogen and oxygen atoms in total. The average molecular weight is 433 g/mol. The van der Waals surface area contributed by atoms with E-state index in [0.29, 0.717) is 25.8 Å². The third-order valence-corrected chi connectivity index (χ3v) is 5.35. The molecular weight excluding hydrogens is 399 g/mol. The monoisotopic (exact) mass is 432 g/mol. The summed E-state index contributed by atoms with van der Waals surface area (Å²) in [6.07, 6.45) is 6.30. The predicted molar refractivity (Wildman–Crippen MR) is 119 cm³/mol. The fourth-order valence-corrected chi connectivity index (χ4v) is 3.63. The van der Waals surface area contributed by atoms with Gasteiger partial charge in [0.2, 0.25) is 6.41 Å². The molecule has 1 aromatic rings. The van der Waals surface area contributed by atoms with E-state index < -0.39 is 12.3 Å². The van der Waals surface area contributed by atoms with Crippen molar-refractivity contribution in [1.29, 1.82) is 0 Å². The summed E-state index contributed by atoms with van der Waals surface area (Å²) in [5.74, 6) is 0. The van der Waals surface area contributed by atoms with E-state index in [4.69, 9.17) is 4.74 Å². The summed E-state index contributed by atoms with van der Waals surface area (Å²) in [5.41, 5.74) is 1.96. The molecule has 1 aliphatic rings. The average Bonchev–Trinajstić information content (AvgIpc) is 2.72. The Labute approximate surface area is 184 Å². The molecule has 1 fully saturated rings. The van der Waals surface area contributed by atoms with E-state index in [1.54, 1.807) is 31.0 Å². The van der Waals surface area contributed by atoms with Crippen LogP contribution in [0.1, 0.15) is 57.7 Å². The molecule has 2 unspecified atom stereocenters. The highest BCUT2D eigenvalue weighted by atomic mass is 19.1. The van der Waals surface area contributed by atoms with Gasteiger partial charge in [0.1, 0.15) is 12.8 Å². The van der Waals surface area contributed by atoms with Gasteiger partial charge in [-0.15, -0.1) is 0 Å². The number of hydrogen-bond acceptors (Lipinski definition) is 4. The third kappa shape index (κ3) is 7.21. The van der Waals surface area contributed by atoms with Gasteiger partial charge in [-0.25, -0.2) is 9.18 Å². The van der Waals surface area contributed by atoms with E-state index in [0.717, 1.165) is 16.7 Å². The zero-order valence-corrected chi connectivity index (χ0v) is 18.8. The number of alkyl halides is 1. The normalized spacial score (nSPS) is 18.8. The predicted octanol–water partition coefficient (Wildman–Crippen LogP) is 4.46. The molecule has 1 aromatic carbocycles. The number of nitrogens with zero attached hydrogens (tertiary/aromatic N) is 2. The summed E-state index contributed by atoms with van der Waals surface area (Å²) in [6, 6.07) is 7.69. The Morgan fingerprint density at radius 3 is 2.58 bits per heavy atom. The lowest BCUT2D eigenvalue weighted by molar-refractivity contribution is -0.116. The number of rotatable bonds is 10. The first-order chi connectivity index (χ1) is 14.7. The topological polar surface area (TPSA) is 70.1 Å². The first-order valence-electron chi connectivity index (χ1n) is 10.6. The van der Waals surface area contributed by atoms with Crippen molar-refractivity contribution in [3.63, 3.8) is 0 Å². The van der Waals surface area contributed by atoms with Crippen LogP contribution >= 0.6 is 0 Å². The highest BCUT2D eigenvalue weighted by Gasteiger charge is 2.33. The number of amides is 2. The van der Waals surface area contributed by atoms with Crippen LogP contribution in [0, 0.1) is 0 Å². The summed E-state index contributed by atoms with van der Waals surface area (Å²) in [4.78, 5) is 26.4. The minimum atomic E-state index is -0.873. The Hall–Kier alpha value is -2.67. The molecule has 0 bridgehead atoms. The van der Waals surface area contributed by atoms with E-state index in [9.17, 15) is 19.1 Å². The van der Waals surface area contributed by atoms with Gasteiger partial charge in [0.15, 0.2) is 0 Å². The smallest absolute Gasteiger partial charge is 0.410 e. The second kappa shape index (κ2) is 11.1. The van der Waals surface area contributed by atoms with Crippen LogP contribution in [-0.2, 0) is 9.53 Å². The number of carbonyl (C=O) groups excluding carboxylic acids is 2. The molecule has 170 valence electrons. The summed E-state index contributed by atoms with van der Waals surface area (Å²) >= 11 is 0. The molecule has 1 aliphatic heterocycles. The lowest BCUT2D eigenvalue weighted by atomic mass is 9.97. The molecule has 31 heavy (non-hydrogen) atoms. The Bertz CT molecular complexity index is 799. The fourth-order valence-electron chi connectivity index (χ4n) is 3.63. The SMILES string of the molecule is C/C=C(\C=C/N(C=O)CCF)c1ccc(C(C)N2CCC(CC(C)(C)O)OC2=O)cc1. The number of cyclic esters (lactones) is 1. The molecule has 1 heterocycles. The molecule has 1 N–H and O–H groups in total. The maximum Gasteiger partial charge on any atom is 0.410 e. The van der Waals surface area contributed by atoms with Crippen molar-refractivity contribution in [1.82, 2.24) is 9.80 Å². The number of allylic oxidation sites excluding steroid dienone is 3. The molecule has 0 radical (unpaired) electrons. The van der Waals surface area contributed by atoms with Crippen molar-refractivity contribution in [2.75, 3.05) is 19.8 Å². The molecular formula is C24H33FN2O4. The van der Waals surface area contributed by atoms with Gasteiger partial charge in [0.25, 0.3) is 0 Å². The van der Waals surface area contributed by atoms with Crippen molar-refractivity contribution in [2.45, 2.75) is 58.3 Å². The molecule has 2 atom stereocenters. The second-order valence-corrected chi connectivity index (χ2v) is 8.39. The van der Waals surface area contributed by atoms with Crippen LogP contribution in [0.2, 0.25) is 0 Å². The van der Waals surface area contributed by atoms with Gasteiger partial charge in [-0.3, -0.25) is 4.79 Å². The van der Waals surface area contributed by atoms with E-state index in [-0.39, 0.29) is 24.8 Å². The highest BCUT2D eigenvalue weighted by molar-refractivity contribution is 5.74. The molecule has 2 amide bonds. The second-order valence-electron chi connectivity index (χ2n) is 8.39. The fraction of sp³-hybridized carbons (Fsp3) is 0.500.